The summed E-state index contributed by atoms with van der Waals surface area (Å²) < 4.78 is 20.2. The summed E-state index contributed by atoms with van der Waals surface area (Å²) in [6.45, 7) is 4.70. The van der Waals surface area contributed by atoms with E-state index in [0.29, 0.717) is 36.5 Å². The molecule has 6 fully saturated rings. The summed E-state index contributed by atoms with van der Waals surface area (Å²) in [7, 11) is 0. The number of cyclic esters (lactones) is 1. The fraction of sp³-hybridized carbons (Fsp3) is 0.917. The fourth-order valence-electron chi connectivity index (χ4n) is 8.80. The quantitative estimate of drug-likeness (QED) is 0.617. The van der Waals surface area contributed by atoms with Crippen molar-refractivity contribution >= 4 is 11.9 Å². The number of halogens is 1. The van der Waals surface area contributed by atoms with Crippen LogP contribution in [0.4, 0.5) is 4.39 Å². The van der Waals surface area contributed by atoms with Crippen LogP contribution in [0.15, 0.2) is 0 Å². The normalized spacial score (nSPS) is 55.6. The van der Waals surface area contributed by atoms with Crippen LogP contribution in [0.25, 0.3) is 0 Å². The topological polar surface area (TPSA) is 78.9 Å². The average Bonchev–Trinajstić information content (AvgIpc) is 3.14. The second kappa shape index (κ2) is 6.89. The maximum Gasteiger partial charge on any atom is 0.338 e. The first-order valence-corrected chi connectivity index (χ1v) is 12.4. The van der Waals surface area contributed by atoms with E-state index in [9.17, 15) is 19.1 Å². The van der Waals surface area contributed by atoms with Crippen molar-refractivity contribution in [1.82, 2.24) is 10.2 Å². The zero-order valence-electron chi connectivity index (χ0n) is 18.5. The van der Waals surface area contributed by atoms with Crippen molar-refractivity contribution in [1.29, 1.82) is 0 Å². The average molecular weight is 435 g/mol. The van der Waals surface area contributed by atoms with Crippen LogP contribution in [0.5, 0.6) is 0 Å². The van der Waals surface area contributed by atoms with Gasteiger partial charge < -0.3 is 20.1 Å². The minimum atomic E-state index is -1.58. The zero-order chi connectivity index (χ0) is 21.7. The number of esters is 1. The van der Waals surface area contributed by atoms with Crippen LogP contribution < -0.4 is 5.32 Å². The number of carbonyl (C=O) groups excluding carboxylic acids is 2. The number of amides is 1. The molecule has 6 nitrogen and oxygen atoms in total. The third-order valence-electron chi connectivity index (χ3n) is 10.4. The van der Waals surface area contributed by atoms with Gasteiger partial charge in [0.1, 0.15) is 12.8 Å². The van der Waals surface area contributed by atoms with E-state index in [1.165, 1.54) is 6.42 Å². The predicted octanol–water partition coefficient (Wildman–Crippen LogP) is 1.90. The van der Waals surface area contributed by atoms with E-state index in [2.05, 4.69) is 12.2 Å². The number of alkyl halides is 1. The Morgan fingerprint density at radius 1 is 1.23 bits per heavy atom. The van der Waals surface area contributed by atoms with Crippen molar-refractivity contribution in [3.8, 4) is 0 Å². The summed E-state index contributed by atoms with van der Waals surface area (Å²) >= 11 is 0. The number of hydrogen-bond acceptors (Lipinski definition) is 5. The molecule has 2 aliphatic carbocycles. The van der Waals surface area contributed by atoms with E-state index in [0.717, 1.165) is 19.4 Å². The smallest absolute Gasteiger partial charge is 0.338 e. The molecular formula is C24H35FN2O4. The van der Waals surface area contributed by atoms with Gasteiger partial charge >= 0.3 is 5.97 Å². The van der Waals surface area contributed by atoms with Gasteiger partial charge in [0.05, 0.1) is 5.92 Å². The summed E-state index contributed by atoms with van der Waals surface area (Å²) in [4.78, 5) is 28.0. The lowest BCUT2D eigenvalue weighted by atomic mass is 9.54. The Morgan fingerprint density at radius 2 is 2.00 bits per heavy atom. The van der Waals surface area contributed by atoms with Crippen molar-refractivity contribution in [3.05, 3.63) is 0 Å². The Hall–Kier alpha value is -1.21. The van der Waals surface area contributed by atoms with Gasteiger partial charge in [-0.05, 0) is 61.7 Å². The molecule has 1 amide bonds. The molecule has 0 aromatic rings. The third kappa shape index (κ3) is 2.62. The molecule has 11 unspecified atom stereocenters. The molecule has 172 valence electrons. The van der Waals surface area contributed by atoms with E-state index in [4.69, 9.17) is 4.74 Å². The number of piperidine rings is 2. The van der Waals surface area contributed by atoms with E-state index in [1.54, 1.807) is 6.92 Å². The molecule has 7 heteroatoms. The molecule has 0 bridgehead atoms. The highest BCUT2D eigenvalue weighted by Gasteiger charge is 2.64. The van der Waals surface area contributed by atoms with Crippen molar-refractivity contribution in [2.45, 2.75) is 82.3 Å². The Bertz CT molecular complexity index is 794. The monoisotopic (exact) mass is 434 g/mol. The van der Waals surface area contributed by atoms with Gasteiger partial charge in [-0.15, -0.1) is 0 Å². The molecule has 0 spiro atoms. The second-order valence-corrected chi connectivity index (χ2v) is 11.3. The molecule has 2 saturated carbocycles. The lowest BCUT2D eigenvalue weighted by molar-refractivity contribution is -0.201. The third-order valence-corrected chi connectivity index (χ3v) is 10.4. The maximum absolute atomic E-state index is 14.9. The Balaban J connectivity index is 1.33. The first kappa shape index (κ1) is 20.4. The lowest BCUT2D eigenvalue weighted by Gasteiger charge is -2.57. The predicted molar refractivity (Wildman–Crippen MR) is 110 cm³/mol. The van der Waals surface area contributed by atoms with Crippen LogP contribution in [0, 0.1) is 41.4 Å². The van der Waals surface area contributed by atoms with Gasteiger partial charge in [-0.2, -0.15) is 0 Å². The van der Waals surface area contributed by atoms with E-state index in [-0.39, 0.29) is 43.0 Å². The number of nitrogens with one attached hydrogen (secondary N) is 1. The molecule has 0 aromatic heterocycles. The fourth-order valence-corrected chi connectivity index (χ4v) is 8.80. The van der Waals surface area contributed by atoms with Gasteiger partial charge in [0, 0.05) is 30.6 Å². The van der Waals surface area contributed by atoms with Gasteiger partial charge in [0.25, 0.3) is 0 Å². The number of ether oxygens (including phenoxy) is 1. The van der Waals surface area contributed by atoms with Gasteiger partial charge in [-0.25, -0.2) is 9.18 Å². The molecule has 6 aliphatic rings. The summed E-state index contributed by atoms with van der Waals surface area (Å²) in [5, 5.41) is 15.0. The van der Waals surface area contributed by atoms with Crippen LogP contribution in [-0.4, -0.2) is 64.9 Å². The van der Waals surface area contributed by atoms with Crippen LogP contribution in [0.3, 0.4) is 0 Å². The number of rotatable bonds is 1. The van der Waals surface area contributed by atoms with Gasteiger partial charge in [-0.3, -0.25) is 4.79 Å². The second-order valence-electron chi connectivity index (χ2n) is 11.3. The molecule has 12 atom stereocenters. The van der Waals surface area contributed by atoms with Crippen molar-refractivity contribution in [2.24, 2.45) is 41.4 Å². The SMILES string of the molecule is CC[C@@]1(O)C(=O)OCC2C(=O)N3CC4C5CCCC6C(C)C(F)CC(NC4C3CC21)C65. The van der Waals surface area contributed by atoms with E-state index in [1.807, 2.05) is 4.90 Å². The maximum atomic E-state index is 14.9. The number of aliphatic hydroxyl groups is 1. The molecule has 0 radical (unpaired) electrons. The lowest BCUT2D eigenvalue weighted by Crippen LogP contribution is -2.67. The number of hydrogen-bond donors (Lipinski definition) is 2. The first-order valence-electron chi connectivity index (χ1n) is 12.4. The zero-order valence-corrected chi connectivity index (χ0v) is 18.5. The largest absolute Gasteiger partial charge is 0.463 e. The van der Waals surface area contributed by atoms with E-state index >= 15 is 0 Å². The van der Waals surface area contributed by atoms with Gasteiger partial charge in [0.2, 0.25) is 5.91 Å². The summed E-state index contributed by atoms with van der Waals surface area (Å²) in [5.74, 6) is 0.589. The highest BCUT2D eigenvalue weighted by atomic mass is 19.1. The molecule has 4 saturated heterocycles. The van der Waals surface area contributed by atoms with Crippen molar-refractivity contribution in [3.63, 3.8) is 0 Å². The molecule has 6 rings (SSSR count). The van der Waals surface area contributed by atoms with Crippen LogP contribution >= 0.6 is 0 Å². The van der Waals surface area contributed by atoms with Gasteiger partial charge in [0.15, 0.2) is 5.60 Å². The number of fused-ring (bicyclic) bond motifs is 5. The molecule has 2 N–H and O–H groups in total. The minimum Gasteiger partial charge on any atom is -0.463 e. The van der Waals surface area contributed by atoms with Crippen LogP contribution in [0.1, 0.15) is 52.4 Å². The highest BCUT2D eigenvalue weighted by molar-refractivity contribution is 5.87. The molecule has 0 aromatic carbocycles. The van der Waals surface area contributed by atoms with Gasteiger partial charge in [-0.1, -0.05) is 20.3 Å². The van der Waals surface area contributed by atoms with E-state index < -0.39 is 29.6 Å². The van der Waals surface area contributed by atoms with Crippen LogP contribution in [0.2, 0.25) is 0 Å². The summed E-state index contributed by atoms with van der Waals surface area (Å²) in [6, 6.07) is 0.285. The molecule has 4 heterocycles. The van der Waals surface area contributed by atoms with Crippen molar-refractivity contribution in [2.75, 3.05) is 13.2 Å². The molecule has 31 heavy (non-hydrogen) atoms. The Morgan fingerprint density at radius 3 is 2.77 bits per heavy atom. The minimum absolute atomic E-state index is 0.0264. The standard InChI is InChI=1S/C24H35FN2O4/c1-3-24(30)16-7-19-21-14(9-27(19)22(28)15(16)10-31-23(24)29)13-6-4-5-12-11(2)17(25)8-18(26-21)20(12)13/h11-21,26,30H,3-10H2,1-2H3/t11?,12?,13?,14?,15?,16?,17?,18?,19?,20?,21?,24-/m0/s1. The molecule has 4 aliphatic heterocycles. The molecular weight excluding hydrogens is 399 g/mol. The highest BCUT2D eigenvalue weighted by Crippen LogP contribution is 2.56. The first-order chi connectivity index (χ1) is 14.8. The van der Waals surface area contributed by atoms with Crippen LogP contribution in [-0.2, 0) is 14.3 Å². The summed E-state index contributed by atoms with van der Waals surface area (Å²) in [5.41, 5.74) is -1.58. The number of carbonyl (C=O) groups is 2. The number of nitrogens with zero attached hydrogens (tertiary/aromatic N) is 1. The van der Waals surface area contributed by atoms with Crippen molar-refractivity contribution < 1.29 is 23.8 Å². The Kier molecular flexibility index (Phi) is 4.54. The Labute approximate surface area is 183 Å². The summed E-state index contributed by atoms with van der Waals surface area (Å²) in [6.07, 6.45) is 4.13.